The van der Waals surface area contributed by atoms with E-state index in [0.717, 1.165) is 13.1 Å². The zero-order valence-corrected chi connectivity index (χ0v) is 18.8. The van der Waals surface area contributed by atoms with Gasteiger partial charge in [-0.05, 0) is 25.1 Å². The monoisotopic (exact) mass is 480 g/mol. The molecule has 176 valence electrons. The summed E-state index contributed by atoms with van der Waals surface area (Å²) in [6.07, 6.45) is 3.70. The lowest BCUT2D eigenvalue weighted by molar-refractivity contribution is 0.0171. The van der Waals surface area contributed by atoms with E-state index in [-0.39, 0.29) is 65.5 Å². The summed E-state index contributed by atoms with van der Waals surface area (Å²) in [5, 5.41) is 28.3. The normalized spacial score (nSPS) is 16.4. The molecule has 0 atom stereocenters. The minimum atomic E-state index is -3.00. The smallest absolute Gasteiger partial charge is 0.272 e. The number of anilines is 1. The van der Waals surface area contributed by atoms with Gasteiger partial charge in [0.15, 0.2) is 11.6 Å². The molecular weight excluding hydrogens is 457 g/mol. The lowest BCUT2D eigenvalue weighted by atomic mass is 9.89. The summed E-state index contributed by atoms with van der Waals surface area (Å²) in [4.78, 5) is 9.68. The number of piperidine rings is 1. The van der Waals surface area contributed by atoms with Crippen LogP contribution in [0.2, 0.25) is 5.02 Å². The molecule has 33 heavy (non-hydrogen) atoms. The first-order valence-electron chi connectivity index (χ1n) is 10.1. The Morgan fingerprint density at radius 3 is 2.42 bits per heavy atom. The van der Waals surface area contributed by atoms with Crippen LogP contribution in [0.4, 0.5) is 19.0 Å². The Bertz CT molecular complexity index is 1070. The van der Waals surface area contributed by atoms with Crippen LogP contribution in [0.1, 0.15) is 43.5 Å². The summed E-state index contributed by atoms with van der Waals surface area (Å²) in [6, 6.07) is 4.04. The molecule has 0 saturated carbocycles. The highest BCUT2D eigenvalue weighted by Crippen LogP contribution is 2.39. The van der Waals surface area contributed by atoms with Crippen molar-refractivity contribution in [2.75, 3.05) is 18.4 Å². The number of rotatable bonds is 5. The van der Waals surface area contributed by atoms with Crippen LogP contribution >= 0.6 is 11.6 Å². The molecule has 2 aromatic heterocycles. The maximum absolute atomic E-state index is 15.7. The van der Waals surface area contributed by atoms with Gasteiger partial charge in [-0.1, -0.05) is 11.6 Å². The largest absolute Gasteiger partial charge is 0.513 e. The summed E-state index contributed by atoms with van der Waals surface area (Å²) in [7, 11) is 0. The molecule has 3 rings (SSSR count). The molecule has 2 aromatic rings. The van der Waals surface area contributed by atoms with E-state index in [9.17, 15) is 13.9 Å². The van der Waals surface area contributed by atoms with E-state index in [1.807, 2.05) is 0 Å². The maximum Gasteiger partial charge on any atom is 0.272 e. The summed E-state index contributed by atoms with van der Waals surface area (Å²) < 4.78 is 42.3. The van der Waals surface area contributed by atoms with Gasteiger partial charge in [0, 0.05) is 62.5 Å². The van der Waals surface area contributed by atoms with E-state index in [1.165, 1.54) is 37.4 Å². The number of pyridine rings is 2. The van der Waals surface area contributed by atoms with Crippen molar-refractivity contribution in [1.29, 1.82) is 10.8 Å². The Labute approximate surface area is 194 Å². The maximum atomic E-state index is 15.7. The average Bonchev–Trinajstić information content (AvgIpc) is 2.73. The van der Waals surface area contributed by atoms with Crippen LogP contribution in [-0.4, -0.2) is 44.7 Å². The molecule has 7 nitrogen and oxygen atoms in total. The number of nitrogens with one attached hydrogen (secondary N) is 3. The molecule has 0 aromatic carbocycles. The van der Waals surface area contributed by atoms with Crippen LogP contribution in [0.3, 0.4) is 0 Å². The van der Waals surface area contributed by atoms with Crippen molar-refractivity contribution < 1.29 is 18.3 Å². The van der Waals surface area contributed by atoms with E-state index in [0.29, 0.717) is 5.56 Å². The third-order valence-electron chi connectivity index (χ3n) is 5.32. The van der Waals surface area contributed by atoms with Gasteiger partial charge in [0.1, 0.15) is 5.82 Å². The number of halogens is 4. The predicted molar refractivity (Wildman–Crippen MR) is 121 cm³/mol. The number of aliphatic hydroxyl groups excluding tert-OH is 1. The van der Waals surface area contributed by atoms with Crippen LogP contribution in [0, 0.1) is 10.8 Å². The molecular formula is C22H24ClF3N6O. The molecule has 0 bridgehead atoms. The van der Waals surface area contributed by atoms with E-state index < -0.39 is 11.6 Å². The highest BCUT2D eigenvalue weighted by atomic mass is 35.5. The second kappa shape index (κ2) is 9.38. The molecule has 1 aliphatic heterocycles. The second-order valence-electron chi connectivity index (χ2n) is 8.00. The van der Waals surface area contributed by atoms with Crippen molar-refractivity contribution in [3.63, 3.8) is 0 Å². The molecule has 0 radical (unpaired) electrons. The number of hydrogen-bond donors (Lipinski definition) is 4. The van der Waals surface area contributed by atoms with Gasteiger partial charge in [-0.15, -0.1) is 0 Å². The molecule has 0 spiro atoms. The quantitative estimate of drug-likeness (QED) is 0.261. The fourth-order valence-corrected chi connectivity index (χ4v) is 3.79. The van der Waals surface area contributed by atoms with Crippen molar-refractivity contribution in [1.82, 2.24) is 14.9 Å². The van der Waals surface area contributed by atoms with Crippen LogP contribution in [-0.2, 0) is 11.6 Å². The fourth-order valence-electron chi connectivity index (χ4n) is 3.46. The molecule has 1 aliphatic rings. The van der Waals surface area contributed by atoms with Gasteiger partial charge in [0.25, 0.3) is 5.92 Å². The minimum Gasteiger partial charge on any atom is -0.513 e. The topological polar surface area (TPSA) is 109 Å². The van der Waals surface area contributed by atoms with Crippen molar-refractivity contribution in [3.8, 4) is 0 Å². The Balaban J connectivity index is 1.64. The molecule has 11 heteroatoms. The fraction of sp³-hybridized carbons (Fsp3) is 0.364. The molecule has 1 saturated heterocycles. The van der Waals surface area contributed by atoms with Crippen LogP contribution in [0.5, 0.6) is 0 Å². The van der Waals surface area contributed by atoms with Crippen LogP contribution in [0.25, 0.3) is 0 Å². The van der Waals surface area contributed by atoms with E-state index in [1.54, 1.807) is 4.90 Å². The first-order chi connectivity index (χ1) is 15.4. The number of alkyl halides is 3. The van der Waals surface area contributed by atoms with E-state index in [4.69, 9.17) is 22.4 Å². The van der Waals surface area contributed by atoms with Gasteiger partial charge in [0.05, 0.1) is 22.2 Å². The molecule has 3 heterocycles. The van der Waals surface area contributed by atoms with E-state index >= 15 is 4.39 Å². The third-order valence-corrected chi connectivity index (χ3v) is 5.61. The Hall–Kier alpha value is -3.14. The number of aliphatic hydroxyl groups is 1. The van der Waals surface area contributed by atoms with Gasteiger partial charge in [-0.25, -0.2) is 18.2 Å². The van der Waals surface area contributed by atoms with Crippen molar-refractivity contribution in [2.45, 2.75) is 38.3 Å². The molecule has 0 amide bonds. The predicted octanol–water partition coefficient (Wildman–Crippen LogP) is 5.38. The summed E-state index contributed by atoms with van der Waals surface area (Å²) in [6.45, 7) is 2.62. The van der Waals surface area contributed by atoms with Gasteiger partial charge >= 0.3 is 0 Å². The second-order valence-corrected chi connectivity index (χ2v) is 8.41. The Morgan fingerprint density at radius 2 is 1.91 bits per heavy atom. The lowest BCUT2D eigenvalue weighted by Crippen LogP contribution is -2.46. The zero-order chi connectivity index (χ0) is 24.4. The summed E-state index contributed by atoms with van der Waals surface area (Å²) in [5.74, 6) is -2.83. The van der Waals surface area contributed by atoms with E-state index in [2.05, 4.69) is 15.3 Å². The average molecular weight is 481 g/mol. The van der Waals surface area contributed by atoms with Crippen molar-refractivity contribution >= 4 is 29.1 Å². The van der Waals surface area contributed by atoms with Gasteiger partial charge in [-0.2, -0.15) is 0 Å². The van der Waals surface area contributed by atoms with Crippen molar-refractivity contribution in [3.05, 3.63) is 64.3 Å². The number of likely N-dealkylation sites (tertiary alicyclic amines) is 1. The Morgan fingerprint density at radius 1 is 1.24 bits per heavy atom. The third kappa shape index (κ3) is 5.81. The summed E-state index contributed by atoms with van der Waals surface area (Å²) >= 11 is 6.27. The van der Waals surface area contributed by atoms with Crippen LogP contribution < -0.4 is 5.32 Å². The molecule has 4 N–H and O–H groups in total. The number of hydrogen-bond acceptors (Lipinski definition) is 5. The molecule has 1 fully saturated rings. The van der Waals surface area contributed by atoms with Crippen molar-refractivity contribution in [2.24, 2.45) is 0 Å². The zero-order valence-electron chi connectivity index (χ0n) is 18.1. The first-order valence-corrected chi connectivity index (χ1v) is 10.5. The molecule has 0 aliphatic carbocycles. The number of allylic oxidation sites excluding steroid dienone is 2. The van der Waals surface area contributed by atoms with Gasteiger partial charge < -0.3 is 20.7 Å². The molecule has 0 unspecified atom stereocenters. The van der Waals surface area contributed by atoms with Gasteiger partial charge in [0.2, 0.25) is 0 Å². The number of aromatic nitrogens is 2. The number of nitrogens with zero attached hydrogens (tertiary/aromatic N) is 3. The SMILES string of the molecule is C/C(O)=C/C(=N)c1cnc(C2(F)CCN(C(=N)Nc3ccc(C(C)(F)F)cn3)CC2)c(Cl)c1. The lowest BCUT2D eigenvalue weighted by Gasteiger charge is -2.37. The van der Waals surface area contributed by atoms with Gasteiger partial charge in [-0.3, -0.25) is 10.4 Å². The Kier molecular flexibility index (Phi) is 6.97. The first kappa shape index (κ1) is 24.5. The number of guanidine groups is 1. The highest BCUT2D eigenvalue weighted by Gasteiger charge is 2.40. The standard InChI is InChI=1S/C22H24ClF3N6O/c1-13(33)9-17(27)14-10-16(23)19(30-11-14)22(26)5-7-32(8-6-22)20(28)31-18-4-3-15(12-29-18)21(2,24)25/h3-4,9-12,27,33H,5-8H2,1-2H3,(H2,28,29,31)/b13-9-,27-17?. The highest BCUT2D eigenvalue weighted by molar-refractivity contribution is 6.31. The summed E-state index contributed by atoms with van der Waals surface area (Å²) in [5.41, 5.74) is -1.61. The minimum absolute atomic E-state index is 0.00231. The van der Waals surface area contributed by atoms with Crippen LogP contribution in [0.15, 0.2) is 42.4 Å².